The van der Waals surface area contributed by atoms with Crippen molar-refractivity contribution in [1.29, 1.82) is 0 Å². The Labute approximate surface area is 129 Å². The maximum absolute atomic E-state index is 12.2. The van der Waals surface area contributed by atoms with Crippen LogP contribution in [0.1, 0.15) is 29.8 Å². The molecule has 1 aromatic rings. The Balaban J connectivity index is 1.81. The quantitative estimate of drug-likeness (QED) is 0.662. The maximum atomic E-state index is 12.2. The van der Waals surface area contributed by atoms with Crippen LogP contribution in [0.3, 0.4) is 0 Å². The highest BCUT2D eigenvalue weighted by Gasteiger charge is 2.18. The summed E-state index contributed by atoms with van der Waals surface area (Å²) in [6, 6.07) is 3.66. The van der Waals surface area contributed by atoms with Crippen LogP contribution < -0.4 is 16.0 Å². The minimum Gasteiger partial charge on any atom is -0.453 e. The minimum atomic E-state index is -0.519. The lowest BCUT2D eigenvalue weighted by molar-refractivity contribution is 0.0948. The molecule has 0 bridgehead atoms. The Kier molecular flexibility index (Phi) is 6.00. The number of methoxy groups -OCH3 is 1. The number of hydrogen-bond acceptors (Lipinski definition) is 5. The number of aromatic nitrogens is 1. The molecule has 1 aliphatic carbocycles. The summed E-state index contributed by atoms with van der Waals surface area (Å²) in [5.41, 5.74) is 1.12. The third-order valence-corrected chi connectivity index (χ3v) is 3.69. The van der Waals surface area contributed by atoms with E-state index in [0.717, 1.165) is 12.2 Å². The van der Waals surface area contributed by atoms with Crippen molar-refractivity contribution in [2.75, 3.05) is 32.1 Å². The molecule has 1 heterocycles. The van der Waals surface area contributed by atoms with Gasteiger partial charge < -0.3 is 20.7 Å². The fraction of sp³-hybridized carbons (Fsp3) is 0.533. The molecule has 1 aliphatic rings. The van der Waals surface area contributed by atoms with Crippen molar-refractivity contribution in [3.63, 3.8) is 0 Å². The van der Waals surface area contributed by atoms with Crippen LogP contribution in [-0.2, 0) is 4.74 Å². The van der Waals surface area contributed by atoms with Gasteiger partial charge in [-0.05, 0) is 30.9 Å². The van der Waals surface area contributed by atoms with Gasteiger partial charge >= 0.3 is 6.09 Å². The van der Waals surface area contributed by atoms with Crippen LogP contribution in [0.2, 0.25) is 0 Å². The van der Waals surface area contributed by atoms with Crippen LogP contribution in [0.25, 0.3) is 0 Å². The highest BCUT2D eigenvalue weighted by molar-refractivity contribution is 5.97. The Hall–Kier alpha value is -2.31. The molecule has 7 nitrogen and oxygen atoms in total. The number of nitrogens with zero attached hydrogens (tertiary/aromatic N) is 1. The highest BCUT2D eigenvalue weighted by Crippen LogP contribution is 2.26. The van der Waals surface area contributed by atoms with Crippen LogP contribution >= 0.6 is 0 Å². The number of pyridine rings is 1. The summed E-state index contributed by atoms with van der Waals surface area (Å²) in [6.45, 7) is 1.48. The summed E-state index contributed by atoms with van der Waals surface area (Å²) in [6.07, 6.45) is 4.85. The van der Waals surface area contributed by atoms with Crippen molar-refractivity contribution < 1.29 is 14.3 Å². The number of alkyl carbamates (subject to hydrolysis) is 1. The molecule has 0 radical (unpaired) electrons. The number of rotatable bonds is 7. The van der Waals surface area contributed by atoms with Crippen molar-refractivity contribution in [3.8, 4) is 0 Å². The van der Waals surface area contributed by atoms with Crippen molar-refractivity contribution >= 4 is 17.7 Å². The van der Waals surface area contributed by atoms with Gasteiger partial charge in [-0.25, -0.2) is 9.78 Å². The SMILES string of the molecule is COC(=O)NCCNC(=O)c1ncccc1NCC1CCC1. The van der Waals surface area contributed by atoms with Crippen molar-refractivity contribution in [3.05, 3.63) is 24.0 Å². The molecule has 3 N–H and O–H groups in total. The Morgan fingerprint density at radius 1 is 1.32 bits per heavy atom. The molecular weight excluding hydrogens is 284 g/mol. The van der Waals surface area contributed by atoms with Gasteiger partial charge in [0.25, 0.3) is 5.91 Å². The smallest absolute Gasteiger partial charge is 0.406 e. The van der Waals surface area contributed by atoms with E-state index in [1.165, 1.54) is 26.4 Å². The normalized spacial score (nSPS) is 13.9. The van der Waals surface area contributed by atoms with Crippen LogP contribution in [0.4, 0.5) is 10.5 Å². The predicted molar refractivity (Wildman–Crippen MR) is 82.8 cm³/mol. The summed E-state index contributed by atoms with van der Waals surface area (Å²) < 4.78 is 4.45. The molecule has 2 rings (SSSR count). The number of anilines is 1. The van der Waals surface area contributed by atoms with E-state index in [1.54, 1.807) is 12.3 Å². The fourth-order valence-corrected chi connectivity index (χ4v) is 2.18. The van der Waals surface area contributed by atoms with Gasteiger partial charge in [0, 0.05) is 25.8 Å². The van der Waals surface area contributed by atoms with E-state index in [1.807, 2.05) is 6.07 Å². The first-order valence-corrected chi connectivity index (χ1v) is 7.49. The first-order chi connectivity index (χ1) is 10.7. The molecular formula is C15H22N4O3. The molecule has 1 fully saturated rings. The number of hydrogen-bond donors (Lipinski definition) is 3. The third kappa shape index (κ3) is 4.61. The summed E-state index contributed by atoms with van der Waals surface area (Å²) in [5, 5.41) is 8.52. The molecule has 22 heavy (non-hydrogen) atoms. The first kappa shape index (κ1) is 16.1. The second-order valence-electron chi connectivity index (χ2n) is 5.25. The molecule has 0 spiro atoms. The van der Waals surface area contributed by atoms with Crippen molar-refractivity contribution in [2.45, 2.75) is 19.3 Å². The monoisotopic (exact) mass is 306 g/mol. The van der Waals surface area contributed by atoms with Crippen LogP contribution in [0, 0.1) is 5.92 Å². The average Bonchev–Trinajstić information content (AvgIpc) is 2.50. The Bertz CT molecular complexity index is 517. The van der Waals surface area contributed by atoms with Gasteiger partial charge in [-0.1, -0.05) is 6.42 Å². The molecule has 0 aliphatic heterocycles. The molecule has 7 heteroatoms. The highest BCUT2D eigenvalue weighted by atomic mass is 16.5. The number of carbonyl (C=O) groups excluding carboxylic acids is 2. The number of carbonyl (C=O) groups is 2. The molecule has 0 atom stereocenters. The van der Waals surface area contributed by atoms with Gasteiger partial charge in [0.05, 0.1) is 12.8 Å². The van der Waals surface area contributed by atoms with E-state index in [2.05, 4.69) is 25.7 Å². The maximum Gasteiger partial charge on any atom is 0.406 e. The van der Waals surface area contributed by atoms with Gasteiger partial charge in [0.2, 0.25) is 0 Å². The minimum absolute atomic E-state index is 0.261. The zero-order valence-corrected chi connectivity index (χ0v) is 12.7. The van der Waals surface area contributed by atoms with E-state index < -0.39 is 6.09 Å². The summed E-state index contributed by atoms with van der Waals surface area (Å²) in [7, 11) is 1.29. The second kappa shape index (κ2) is 8.21. The zero-order chi connectivity index (χ0) is 15.8. The van der Waals surface area contributed by atoms with Gasteiger partial charge in [-0.15, -0.1) is 0 Å². The van der Waals surface area contributed by atoms with Crippen LogP contribution in [-0.4, -0.2) is 43.7 Å². The standard InChI is InChI=1S/C15H22N4O3/c1-22-15(21)18-9-8-17-14(20)13-12(6-3-7-16-13)19-10-11-4-2-5-11/h3,6-7,11,19H,2,4-5,8-10H2,1H3,(H,17,20)(H,18,21). The largest absolute Gasteiger partial charge is 0.453 e. The second-order valence-corrected chi connectivity index (χ2v) is 5.25. The summed E-state index contributed by atoms with van der Waals surface area (Å²) >= 11 is 0. The number of amides is 2. The topological polar surface area (TPSA) is 92.4 Å². The number of ether oxygens (including phenoxy) is 1. The van der Waals surface area contributed by atoms with E-state index in [9.17, 15) is 9.59 Å². The van der Waals surface area contributed by atoms with Gasteiger partial charge in [0.15, 0.2) is 5.69 Å². The molecule has 2 amide bonds. The molecule has 0 saturated heterocycles. The lowest BCUT2D eigenvalue weighted by Crippen LogP contribution is -2.35. The van der Waals surface area contributed by atoms with Gasteiger partial charge in [-0.3, -0.25) is 4.79 Å². The molecule has 120 valence electrons. The Morgan fingerprint density at radius 2 is 2.09 bits per heavy atom. The summed E-state index contributed by atoms with van der Waals surface area (Å²) in [4.78, 5) is 27.2. The first-order valence-electron chi connectivity index (χ1n) is 7.49. The van der Waals surface area contributed by atoms with Crippen LogP contribution in [0.15, 0.2) is 18.3 Å². The van der Waals surface area contributed by atoms with E-state index >= 15 is 0 Å². The average molecular weight is 306 g/mol. The van der Waals surface area contributed by atoms with Gasteiger partial charge in [0.1, 0.15) is 0 Å². The Morgan fingerprint density at radius 3 is 2.77 bits per heavy atom. The van der Waals surface area contributed by atoms with Crippen molar-refractivity contribution in [1.82, 2.24) is 15.6 Å². The predicted octanol–water partition coefficient (Wildman–Crippen LogP) is 1.38. The molecule has 1 saturated carbocycles. The van der Waals surface area contributed by atoms with E-state index in [0.29, 0.717) is 24.7 Å². The lowest BCUT2D eigenvalue weighted by atomic mass is 9.85. The van der Waals surface area contributed by atoms with Crippen LogP contribution in [0.5, 0.6) is 0 Å². The van der Waals surface area contributed by atoms with Gasteiger partial charge in [-0.2, -0.15) is 0 Å². The fourth-order valence-electron chi connectivity index (χ4n) is 2.18. The molecule has 1 aromatic heterocycles. The molecule has 0 unspecified atom stereocenters. The van der Waals surface area contributed by atoms with E-state index in [4.69, 9.17) is 0 Å². The van der Waals surface area contributed by atoms with E-state index in [-0.39, 0.29) is 5.91 Å². The van der Waals surface area contributed by atoms with Crippen molar-refractivity contribution in [2.24, 2.45) is 5.92 Å². The molecule has 0 aromatic carbocycles. The lowest BCUT2D eigenvalue weighted by Gasteiger charge is -2.26. The zero-order valence-electron chi connectivity index (χ0n) is 12.7. The number of nitrogens with one attached hydrogen (secondary N) is 3. The summed E-state index contributed by atoms with van der Waals surface area (Å²) in [5.74, 6) is 0.434. The third-order valence-electron chi connectivity index (χ3n) is 3.69.